The summed E-state index contributed by atoms with van der Waals surface area (Å²) in [4.78, 5) is 15.3. The van der Waals surface area contributed by atoms with Crippen molar-refractivity contribution in [1.29, 1.82) is 0 Å². The number of thioether (sulfide) groups is 1. The summed E-state index contributed by atoms with van der Waals surface area (Å²) in [6, 6.07) is 4.87. The van der Waals surface area contributed by atoms with Crippen LogP contribution in [0.4, 0.5) is 19.0 Å². The SMILES string of the molecule is FC(F)(F)c1cccc(-c2noc(CSc3nccnc3N3CCCCC3)n2)c1. The van der Waals surface area contributed by atoms with Crippen molar-refractivity contribution < 1.29 is 17.7 Å². The second kappa shape index (κ2) is 8.40. The van der Waals surface area contributed by atoms with Gasteiger partial charge in [-0.05, 0) is 31.4 Å². The quantitative estimate of drug-likeness (QED) is 0.547. The van der Waals surface area contributed by atoms with Gasteiger partial charge in [0.25, 0.3) is 0 Å². The standard InChI is InChI=1S/C19H18F3N5OS/c20-19(21,22)14-6-4-5-13(11-14)16-25-15(28-26-16)12-29-18-17(23-7-8-24-18)27-9-2-1-3-10-27/h4-8,11H,1-3,9-10,12H2. The van der Waals surface area contributed by atoms with Crippen molar-refractivity contribution in [3.8, 4) is 11.4 Å². The van der Waals surface area contributed by atoms with Crippen LogP contribution >= 0.6 is 11.8 Å². The molecule has 6 nitrogen and oxygen atoms in total. The molecule has 3 heterocycles. The van der Waals surface area contributed by atoms with Gasteiger partial charge in [0, 0.05) is 31.0 Å². The summed E-state index contributed by atoms with van der Waals surface area (Å²) in [5, 5.41) is 4.59. The molecule has 152 valence electrons. The highest BCUT2D eigenvalue weighted by molar-refractivity contribution is 7.98. The highest BCUT2D eigenvalue weighted by atomic mass is 32.2. The Morgan fingerprint density at radius 1 is 1.07 bits per heavy atom. The fourth-order valence-electron chi connectivity index (χ4n) is 3.14. The number of halogens is 3. The lowest BCUT2D eigenvalue weighted by Crippen LogP contribution is -2.30. The average molecular weight is 421 g/mol. The van der Waals surface area contributed by atoms with E-state index in [1.165, 1.54) is 30.3 Å². The molecular weight excluding hydrogens is 403 g/mol. The van der Waals surface area contributed by atoms with Crippen molar-refractivity contribution in [2.45, 2.75) is 36.2 Å². The van der Waals surface area contributed by atoms with E-state index in [0.29, 0.717) is 11.6 Å². The van der Waals surface area contributed by atoms with Gasteiger partial charge in [-0.25, -0.2) is 9.97 Å². The van der Waals surface area contributed by atoms with Crippen LogP contribution in [0.15, 0.2) is 46.2 Å². The van der Waals surface area contributed by atoms with Crippen LogP contribution in [0.2, 0.25) is 0 Å². The third-order valence-electron chi connectivity index (χ3n) is 4.55. The second-order valence-electron chi connectivity index (χ2n) is 6.61. The second-order valence-corrected chi connectivity index (χ2v) is 7.58. The predicted molar refractivity (Wildman–Crippen MR) is 102 cm³/mol. The summed E-state index contributed by atoms with van der Waals surface area (Å²) in [7, 11) is 0. The largest absolute Gasteiger partial charge is 0.416 e. The molecule has 1 saturated heterocycles. The van der Waals surface area contributed by atoms with Crippen LogP contribution in [0.3, 0.4) is 0 Å². The number of rotatable bonds is 5. The molecule has 0 saturated carbocycles. The Hall–Kier alpha value is -2.62. The highest BCUT2D eigenvalue weighted by Gasteiger charge is 2.30. The molecule has 10 heteroatoms. The van der Waals surface area contributed by atoms with Gasteiger partial charge in [0.1, 0.15) is 5.03 Å². The fraction of sp³-hybridized carbons (Fsp3) is 0.368. The van der Waals surface area contributed by atoms with Crippen molar-refractivity contribution in [3.63, 3.8) is 0 Å². The summed E-state index contributed by atoms with van der Waals surface area (Å²) in [5.74, 6) is 1.64. The molecule has 0 N–H and O–H groups in total. The van der Waals surface area contributed by atoms with E-state index in [0.717, 1.165) is 48.9 Å². The molecule has 0 aliphatic carbocycles. The minimum atomic E-state index is -4.42. The monoisotopic (exact) mass is 421 g/mol. The lowest BCUT2D eigenvalue weighted by atomic mass is 10.1. The van der Waals surface area contributed by atoms with Crippen LogP contribution in [-0.2, 0) is 11.9 Å². The zero-order chi connectivity index (χ0) is 20.3. The van der Waals surface area contributed by atoms with E-state index in [-0.39, 0.29) is 11.4 Å². The van der Waals surface area contributed by atoms with Gasteiger partial charge >= 0.3 is 6.18 Å². The molecule has 0 bridgehead atoms. The summed E-state index contributed by atoms with van der Waals surface area (Å²) < 4.78 is 43.9. The Kier molecular flexibility index (Phi) is 5.70. The number of aromatic nitrogens is 4. The van der Waals surface area contributed by atoms with Crippen LogP contribution in [0.1, 0.15) is 30.7 Å². The third kappa shape index (κ3) is 4.69. The van der Waals surface area contributed by atoms with Gasteiger partial charge in [-0.2, -0.15) is 18.2 Å². The molecule has 4 rings (SSSR count). The first-order chi connectivity index (χ1) is 14.0. The van der Waals surface area contributed by atoms with E-state index in [4.69, 9.17) is 4.52 Å². The van der Waals surface area contributed by atoms with Gasteiger partial charge in [0.15, 0.2) is 5.82 Å². The molecule has 0 amide bonds. The molecule has 0 spiro atoms. The van der Waals surface area contributed by atoms with Crippen LogP contribution < -0.4 is 4.90 Å². The molecule has 1 aromatic carbocycles. The van der Waals surface area contributed by atoms with Gasteiger partial charge < -0.3 is 9.42 Å². The Balaban J connectivity index is 1.47. The molecule has 3 aromatic rings. The lowest BCUT2D eigenvalue weighted by Gasteiger charge is -2.28. The zero-order valence-electron chi connectivity index (χ0n) is 15.4. The van der Waals surface area contributed by atoms with E-state index < -0.39 is 11.7 Å². The predicted octanol–water partition coefficient (Wildman–Crippen LogP) is 4.83. The molecular formula is C19H18F3N5OS. The number of benzene rings is 1. The zero-order valence-corrected chi connectivity index (χ0v) is 16.2. The normalized spacial score (nSPS) is 14.9. The third-order valence-corrected chi connectivity index (χ3v) is 5.50. The van der Waals surface area contributed by atoms with Crippen LogP contribution in [0, 0.1) is 0 Å². The Labute approximate surface area is 169 Å². The Bertz CT molecular complexity index is 972. The van der Waals surface area contributed by atoms with Crippen molar-refractivity contribution >= 4 is 17.6 Å². The van der Waals surface area contributed by atoms with Crippen LogP contribution in [0.25, 0.3) is 11.4 Å². The minimum Gasteiger partial charge on any atom is -0.354 e. The number of hydrogen-bond donors (Lipinski definition) is 0. The van der Waals surface area contributed by atoms with Crippen molar-refractivity contribution in [1.82, 2.24) is 20.1 Å². The fourth-order valence-corrected chi connectivity index (χ4v) is 3.96. The van der Waals surface area contributed by atoms with E-state index in [1.54, 1.807) is 12.4 Å². The smallest absolute Gasteiger partial charge is 0.354 e. The first kappa shape index (κ1) is 19.7. The van der Waals surface area contributed by atoms with E-state index in [2.05, 4.69) is 25.0 Å². The van der Waals surface area contributed by atoms with Gasteiger partial charge in [-0.3, -0.25) is 0 Å². The average Bonchev–Trinajstić information content (AvgIpc) is 3.22. The van der Waals surface area contributed by atoms with E-state index >= 15 is 0 Å². The summed E-state index contributed by atoms with van der Waals surface area (Å²) in [6.45, 7) is 1.90. The topological polar surface area (TPSA) is 67.9 Å². The first-order valence-corrected chi connectivity index (χ1v) is 10.2. The molecule has 0 radical (unpaired) electrons. The number of nitrogens with zero attached hydrogens (tertiary/aromatic N) is 5. The lowest BCUT2D eigenvalue weighted by molar-refractivity contribution is -0.137. The maximum absolute atomic E-state index is 12.9. The highest BCUT2D eigenvalue weighted by Crippen LogP contribution is 2.32. The number of anilines is 1. The number of hydrogen-bond acceptors (Lipinski definition) is 7. The minimum absolute atomic E-state index is 0.127. The van der Waals surface area contributed by atoms with Crippen molar-refractivity contribution in [3.05, 3.63) is 48.1 Å². The van der Waals surface area contributed by atoms with Gasteiger partial charge in [-0.1, -0.05) is 29.1 Å². The molecule has 1 aliphatic heterocycles. The first-order valence-electron chi connectivity index (χ1n) is 9.20. The molecule has 29 heavy (non-hydrogen) atoms. The van der Waals surface area contributed by atoms with Crippen LogP contribution in [0.5, 0.6) is 0 Å². The van der Waals surface area contributed by atoms with Crippen molar-refractivity contribution in [2.24, 2.45) is 0 Å². The molecule has 0 unspecified atom stereocenters. The molecule has 2 aromatic heterocycles. The van der Waals surface area contributed by atoms with Gasteiger partial charge in [-0.15, -0.1) is 0 Å². The molecule has 1 fully saturated rings. The Morgan fingerprint density at radius 2 is 1.86 bits per heavy atom. The van der Waals surface area contributed by atoms with Gasteiger partial charge in [0.05, 0.1) is 11.3 Å². The maximum Gasteiger partial charge on any atom is 0.416 e. The Morgan fingerprint density at radius 3 is 2.66 bits per heavy atom. The molecule has 1 aliphatic rings. The van der Waals surface area contributed by atoms with Crippen molar-refractivity contribution in [2.75, 3.05) is 18.0 Å². The van der Waals surface area contributed by atoms with E-state index in [9.17, 15) is 13.2 Å². The summed E-state index contributed by atoms with van der Waals surface area (Å²) in [6.07, 6.45) is 2.37. The van der Waals surface area contributed by atoms with E-state index in [1.807, 2.05) is 0 Å². The summed E-state index contributed by atoms with van der Waals surface area (Å²) >= 11 is 1.42. The number of alkyl halides is 3. The summed E-state index contributed by atoms with van der Waals surface area (Å²) in [5.41, 5.74) is -0.491. The van der Waals surface area contributed by atoms with Crippen LogP contribution in [-0.4, -0.2) is 33.2 Å². The molecule has 0 atom stereocenters. The maximum atomic E-state index is 12.9. The van der Waals surface area contributed by atoms with Gasteiger partial charge in [0.2, 0.25) is 11.7 Å². The number of piperidine rings is 1.